The van der Waals surface area contributed by atoms with E-state index in [1.807, 2.05) is 0 Å². The summed E-state index contributed by atoms with van der Waals surface area (Å²) in [6, 6.07) is 7.09. The molecule has 0 heterocycles. The lowest BCUT2D eigenvalue weighted by molar-refractivity contribution is -0.139. The van der Waals surface area contributed by atoms with Crippen molar-refractivity contribution in [3.8, 4) is 0 Å². The minimum absolute atomic E-state index is 0.474. The van der Waals surface area contributed by atoms with Crippen molar-refractivity contribution in [1.29, 1.82) is 0 Å². The van der Waals surface area contributed by atoms with E-state index in [0.29, 0.717) is 18.7 Å². The third-order valence-electron chi connectivity index (χ3n) is 2.97. The van der Waals surface area contributed by atoms with Crippen LogP contribution in [0.2, 0.25) is 0 Å². The van der Waals surface area contributed by atoms with E-state index in [4.69, 9.17) is 4.74 Å². The van der Waals surface area contributed by atoms with Gasteiger partial charge < -0.3 is 20.5 Å². The van der Waals surface area contributed by atoms with Crippen LogP contribution in [0.4, 0.5) is 4.79 Å². The summed E-state index contributed by atoms with van der Waals surface area (Å²) in [4.78, 5) is 22.9. The van der Waals surface area contributed by atoms with E-state index in [9.17, 15) is 14.7 Å². The molecule has 0 spiro atoms. The van der Waals surface area contributed by atoms with Crippen LogP contribution in [0, 0.1) is 0 Å². The van der Waals surface area contributed by atoms with E-state index in [-0.39, 0.29) is 0 Å². The molecule has 21 heavy (non-hydrogen) atoms. The molecule has 0 aromatic heterocycles. The molecule has 0 aliphatic heterocycles. The Hall–Kier alpha value is -2.08. The van der Waals surface area contributed by atoms with E-state index in [1.54, 1.807) is 37.4 Å². The quantitative estimate of drug-likeness (QED) is 0.607. The van der Waals surface area contributed by atoms with Crippen molar-refractivity contribution in [1.82, 2.24) is 10.6 Å². The molecule has 1 aromatic carbocycles. The summed E-state index contributed by atoms with van der Waals surface area (Å²) < 4.78 is 4.93. The Morgan fingerprint density at radius 3 is 2.52 bits per heavy atom. The molecular weight excluding hydrogens is 272 g/mol. The number of carbonyl (C=O) groups excluding carboxylic acids is 1. The number of nitrogens with one attached hydrogen (secondary N) is 2. The van der Waals surface area contributed by atoms with Gasteiger partial charge in [-0.2, -0.15) is 0 Å². The van der Waals surface area contributed by atoms with Gasteiger partial charge in [-0.05, 0) is 24.8 Å². The lowest BCUT2D eigenvalue weighted by atomic mass is 10.1. The topological polar surface area (TPSA) is 87.7 Å². The molecule has 0 aliphatic rings. The van der Waals surface area contributed by atoms with Crippen LogP contribution < -0.4 is 10.6 Å². The second-order valence-electron chi connectivity index (χ2n) is 4.64. The number of carboxylic acids is 1. The second-order valence-corrected chi connectivity index (χ2v) is 4.64. The second kappa shape index (κ2) is 9.77. The fourth-order valence-corrected chi connectivity index (χ4v) is 1.87. The molecular formula is C15H22N2O4. The standard InChI is InChI=1S/C15H22N2O4/c1-21-11-7-3-6-10-16-15(20)17-13(14(18)19)12-8-4-2-5-9-12/h2,4-5,8-9,13H,3,6-7,10-11H2,1H3,(H,18,19)(H2,16,17,20)/t13-/m0/s1. The summed E-state index contributed by atoms with van der Waals surface area (Å²) in [6.45, 7) is 1.22. The fraction of sp³-hybridized carbons (Fsp3) is 0.467. The van der Waals surface area contributed by atoms with Crippen molar-refractivity contribution >= 4 is 12.0 Å². The molecule has 0 bridgehead atoms. The van der Waals surface area contributed by atoms with E-state index in [2.05, 4.69) is 10.6 Å². The first kappa shape index (κ1) is 17.0. The number of benzene rings is 1. The monoisotopic (exact) mass is 294 g/mol. The van der Waals surface area contributed by atoms with Gasteiger partial charge in [0, 0.05) is 20.3 Å². The van der Waals surface area contributed by atoms with Crippen molar-refractivity contribution in [2.75, 3.05) is 20.3 Å². The first-order chi connectivity index (χ1) is 10.1. The Morgan fingerprint density at radius 1 is 1.19 bits per heavy atom. The maximum Gasteiger partial charge on any atom is 0.330 e. The van der Waals surface area contributed by atoms with Crippen molar-refractivity contribution in [2.45, 2.75) is 25.3 Å². The minimum Gasteiger partial charge on any atom is -0.479 e. The maximum atomic E-state index is 11.7. The van der Waals surface area contributed by atoms with Gasteiger partial charge in [-0.15, -0.1) is 0 Å². The summed E-state index contributed by atoms with van der Waals surface area (Å²) in [6.07, 6.45) is 2.73. The number of carboxylic acid groups (broad SMARTS) is 1. The lowest BCUT2D eigenvalue weighted by Crippen LogP contribution is -2.41. The molecule has 0 radical (unpaired) electrons. The Morgan fingerprint density at radius 2 is 1.90 bits per heavy atom. The zero-order valence-electron chi connectivity index (χ0n) is 12.2. The summed E-state index contributed by atoms with van der Waals surface area (Å²) in [5, 5.41) is 14.3. The number of methoxy groups -OCH3 is 1. The van der Waals surface area contributed by atoms with Gasteiger partial charge in [0.05, 0.1) is 0 Å². The molecule has 0 fully saturated rings. The van der Waals surface area contributed by atoms with Crippen molar-refractivity contribution in [2.24, 2.45) is 0 Å². The highest BCUT2D eigenvalue weighted by atomic mass is 16.5. The summed E-state index contributed by atoms with van der Waals surface area (Å²) >= 11 is 0. The number of ether oxygens (including phenoxy) is 1. The van der Waals surface area contributed by atoms with Gasteiger partial charge in [0.25, 0.3) is 0 Å². The minimum atomic E-state index is -1.09. The number of carbonyl (C=O) groups is 2. The number of hydrogen-bond donors (Lipinski definition) is 3. The first-order valence-electron chi connectivity index (χ1n) is 6.96. The third kappa shape index (κ3) is 6.76. The van der Waals surface area contributed by atoms with Crippen LogP contribution in [0.25, 0.3) is 0 Å². The zero-order chi connectivity index (χ0) is 15.5. The van der Waals surface area contributed by atoms with Crippen molar-refractivity contribution < 1.29 is 19.4 Å². The Balaban J connectivity index is 2.35. The van der Waals surface area contributed by atoms with Crippen molar-refractivity contribution in [3.05, 3.63) is 35.9 Å². The molecule has 0 unspecified atom stereocenters. The molecule has 6 heteroatoms. The van der Waals surface area contributed by atoms with E-state index in [0.717, 1.165) is 19.3 Å². The SMILES string of the molecule is COCCCCCNC(=O)N[C@H](C(=O)O)c1ccccc1. The van der Waals surface area contributed by atoms with E-state index in [1.165, 1.54) is 0 Å². The van der Waals surface area contributed by atoms with Crippen LogP contribution in [-0.4, -0.2) is 37.4 Å². The van der Waals surface area contributed by atoms with Crippen LogP contribution in [0.15, 0.2) is 30.3 Å². The average Bonchev–Trinajstić information content (AvgIpc) is 2.49. The van der Waals surface area contributed by atoms with Crippen LogP contribution in [0.5, 0.6) is 0 Å². The van der Waals surface area contributed by atoms with Crippen molar-refractivity contribution in [3.63, 3.8) is 0 Å². The molecule has 1 aromatic rings. The van der Waals surface area contributed by atoms with Crippen LogP contribution in [0.3, 0.4) is 0 Å². The number of unbranched alkanes of at least 4 members (excludes halogenated alkanes) is 2. The van der Waals surface area contributed by atoms with Gasteiger partial charge >= 0.3 is 12.0 Å². The van der Waals surface area contributed by atoms with Gasteiger partial charge in [0.2, 0.25) is 0 Å². The smallest absolute Gasteiger partial charge is 0.330 e. The van der Waals surface area contributed by atoms with Gasteiger partial charge in [0.1, 0.15) is 0 Å². The van der Waals surface area contributed by atoms with Gasteiger partial charge in [-0.1, -0.05) is 30.3 Å². The molecule has 6 nitrogen and oxygen atoms in total. The number of hydrogen-bond acceptors (Lipinski definition) is 3. The molecule has 0 saturated carbocycles. The molecule has 2 amide bonds. The van der Waals surface area contributed by atoms with Crippen LogP contribution in [-0.2, 0) is 9.53 Å². The number of amides is 2. The fourth-order valence-electron chi connectivity index (χ4n) is 1.87. The molecule has 3 N–H and O–H groups in total. The number of urea groups is 1. The highest BCUT2D eigenvalue weighted by Gasteiger charge is 2.21. The molecule has 116 valence electrons. The highest BCUT2D eigenvalue weighted by Crippen LogP contribution is 2.12. The van der Waals surface area contributed by atoms with E-state index >= 15 is 0 Å². The Bertz CT molecular complexity index is 437. The average molecular weight is 294 g/mol. The first-order valence-corrected chi connectivity index (χ1v) is 6.96. The molecule has 1 atom stereocenters. The summed E-state index contributed by atoms with van der Waals surface area (Å²) in [7, 11) is 1.65. The van der Waals surface area contributed by atoms with Crippen LogP contribution in [0.1, 0.15) is 30.9 Å². The molecule has 0 aliphatic carbocycles. The predicted octanol–water partition coefficient (Wildman–Crippen LogP) is 1.93. The zero-order valence-corrected chi connectivity index (χ0v) is 12.2. The molecule has 0 saturated heterocycles. The number of rotatable bonds is 9. The predicted molar refractivity (Wildman–Crippen MR) is 79.1 cm³/mol. The highest BCUT2D eigenvalue weighted by molar-refractivity contribution is 5.83. The third-order valence-corrected chi connectivity index (χ3v) is 2.97. The lowest BCUT2D eigenvalue weighted by Gasteiger charge is -2.15. The maximum absolute atomic E-state index is 11.7. The summed E-state index contributed by atoms with van der Waals surface area (Å²) in [5.74, 6) is -1.09. The van der Waals surface area contributed by atoms with Gasteiger partial charge in [0.15, 0.2) is 6.04 Å². The Kier molecular flexibility index (Phi) is 7.89. The van der Waals surface area contributed by atoms with E-state index < -0.39 is 18.0 Å². The largest absolute Gasteiger partial charge is 0.479 e. The number of aliphatic carboxylic acids is 1. The molecule has 1 rings (SSSR count). The van der Waals surface area contributed by atoms with Gasteiger partial charge in [-0.25, -0.2) is 9.59 Å². The van der Waals surface area contributed by atoms with Crippen LogP contribution >= 0.6 is 0 Å². The summed E-state index contributed by atoms with van der Waals surface area (Å²) in [5.41, 5.74) is 0.542. The normalized spacial score (nSPS) is 11.7. The van der Waals surface area contributed by atoms with Gasteiger partial charge in [-0.3, -0.25) is 0 Å². The Labute approximate surface area is 124 Å².